The first kappa shape index (κ1) is 15.5. The maximum atomic E-state index is 14.3. The van der Waals surface area contributed by atoms with Gasteiger partial charge in [0.2, 0.25) is 0 Å². The molecule has 0 saturated carbocycles. The van der Waals surface area contributed by atoms with E-state index < -0.39 is 11.9 Å². The van der Waals surface area contributed by atoms with E-state index in [0.717, 1.165) is 5.56 Å². The van der Waals surface area contributed by atoms with E-state index >= 15 is 0 Å². The van der Waals surface area contributed by atoms with Gasteiger partial charge in [-0.1, -0.05) is 42.5 Å². The lowest BCUT2D eigenvalue weighted by atomic mass is 10.1. The molecule has 0 aromatic heterocycles. The van der Waals surface area contributed by atoms with Crippen LogP contribution in [0.4, 0.5) is 10.1 Å². The molecule has 0 aliphatic heterocycles. The van der Waals surface area contributed by atoms with Gasteiger partial charge in [0, 0.05) is 18.7 Å². The van der Waals surface area contributed by atoms with Crippen molar-refractivity contribution in [3.63, 3.8) is 0 Å². The SMILES string of the molecule is CC(O)c1cccc(F)c1N(CCO)Cc1ccccc1. The number of rotatable bonds is 6. The molecule has 0 heterocycles. The van der Waals surface area contributed by atoms with Gasteiger partial charge in [0.1, 0.15) is 5.82 Å². The predicted octanol–water partition coefficient (Wildman–Crippen LogP) is 2.88. The van der Waals surface area contributed by atoms with Crippen LogP contribution in [0.15, 0.2) is 48.5 Å². The minimum atomic E-state index is -0.771. The molecule has 21 heavy (non-hydrogen) atoms. The van der Waals surface area contributed by atoms with Gasteiger partial charge in [-0.3, -0.25) is 0 Å². The van der Waals surface area contributed by atoms with Crippen LogP contribution >= 0.6 is 0 Å². The Hall–Kier alpha value is -1.91. The largest absolute Gasteiger partial charge is 0.395 e. The van der Waals surface area contributed by atoms with Gasteiger partial charge < -0.3 is 15.1 Å². The molecule has 3 nitrogen and oxygen atoms in total. The van der Waals surface area contributed by atoms with Crippen molar-refractivity contribution in [3.05, 3.63) is 65.5 Å². The number of benzene rings is 2. The highest BCUT2D eigenvalue weighted by Crippen LogP contribution is 2.30. The van der Waals surface area contributed by atoms with Crippen molar-refractivity contribution in [2.75, 3.05) is 18.1 Å². The zero-order chi connectivity index (χ0) is 15.2. The average molecular weight is 289 g/mol. The molecular weight excluding hydrogens is 269 g/mol. The standard InChI is InChI=1S/C17H20FNO2/c1-13(21)15-8-5-9-16(18)17(15)19(10-11-20)12-14-6-3-2-4-7-14/h2-9,13,20-21H,10-12H2,1H3. The maximum absolute atomic E-state index is 14.3. The topological polar surface area (TPSA) is 43.7 Å². The van der Waals surface area contributed by atoms with Crippen LogP contribution in [-0.2, 0) is 6.54 Å². The smallest absolute Gasteiger partial charge is 0.146 e. The van der Waals surface area contributed by atoms with Crippen molar-refractivity contribution < 1.29 is 14.6 Å². The molecule has 2 aromatic rings. The first-order chi connectivity index (χ1) is 10.1. The molecular formula is C17H20FNO2. The monoisotopic (exact) mass is 289 g/mol. The molecule has 0 aliphatic rings. The second-order valence-electron chi connectivity index (χ2n) is 4.98. The van der Waals surface area contributed by atoms with E-state index in [1.165, 1.54) is 6.07 Å². The van der Waals surface area contributed by atoms with Crippen molar-refractivity contribution in [2.45, 2.75) is 19.6 Å². The third-order valence-electron chi connectivity index (χ3n) is 3.37. The van der Waals surface area contributed by atoms with E-state index in [9.17, 15) is 14.6 Å². The quantitative estimate of drug-likeness (QED) is 0.859. The van der Waals surface area contributed by atoms with E-state index in [-0.39, 0.29) is 6.61 Å². The third-order valence-corrected chi connectivity index (χ3v) is 3.37. The Bertz CT molecular complexity index is 572. The number of hydrogen-bond acceptors (Lipinski definition) is 3. The predicted molar refractivity (Wildman–Crippen MR) is 81.6 cm³/mol. The number of anilines is 1. The van der Waals surface area contributed by atoms with Gasteiger partial charge in [0.25, 0.3) is 0 Å². The molecule has 2 rings (SSSR count). The fourth-order valence-electron chi connectivity index (χ4n) is 2.40. The molecule has 112 valence electrons. The zero-order valence-electron chi connectivity index (χ0n) is 12.0. The van der Waals surface area contributed by atoms with Crippen LogP contribution in [0.2, 0.25) is 0 Å². The molecule has 0 fully saturated rings. The van der Waals surface area contributed by atoms with Gasteiger partial charge in [-0.2, -0.15) is 0 Å². The Morgan fingerprint density at radius 3 is 2.43 bits per heavy atom. The van der Waals surface area contributed by atoms with Crippen molar-refractivity contribution in [2.24, 2.45) is 0 Å². The van der Waals surface area contributed by atoms with E-state index in [0.29, 0.717) is 24.3 Å². The number of halogens is 1. The summed E-state index contributed by atoms with van der Waals surface area (Å²) in [7, 11) is 0. The van der Waals surface area contributed by atoms with Crippen LogP contribution in [0, 0.1) is 5.82 Å². The van der Waals surface area contributed by atoms with Gasteiger partial charge in [-0.25, -0.2) is 4.39 Å². The minimum absolute atomic E-state index is 0.0829. The summed E-state index contributed by atoms with van der Waals surface area (Å²) in [4.78, 5) is 1.76. The lowest BCUT2D eigenvalue weighted by Gasteiger charge is -2.28. The summed E-state index contributed by atoms with van der Waals surface area (Å²) < 4.78 is 14.3. The van der Waals surface area contributed by atoms with Crippen molar-refractivity contribution in [1.82, 2.24) is 0 Å². The Labute approximate surface area is 124 Å². The number of aliphatic hydroxyl groups is 2. The highest BCUT2D eigenvalue weighted by Gasteiger charge is 2.18. The van der Waals surface area contributed by atoms with Crippen LogP contribution < -0.4 is 4.90 Å². The lowest BCUT2D eigenvalue weighted by Crippen LogP contribution is -2.28. The molecule has 0 bridgehead atoms. The van der Waals surface area contributed by atoms with Crippen molar-refractivity contribution in [3.8, 4) is 0 Å². The second kappa shape index (κ2) is 7.20. The summed E-state index contributed by atoms with van der Waals surface area (Å²) in [6.45, 7) is 2.30. The van der Waals surface area contributed by atoms with Crippen molar-refractivity contribution >= 4 is 5.69 Å². The normalized spacial score (nSPS) is 12.2. The lowest BCUT2D eigenvalue weighted by molar-refractivity contribution is 0.199. The van der Waals surface area contributed by atoms with Gasteiger partial charge in [-0.15, -0.1) is 0 Å². The fraction of sp³-hybridized carbons (Fsp3) is 0.294. The number of nitrogens with zero attached hydrogens (tertiary/aromatic N) is 1. The molecule has 4 heteroatoms. The summed E-state index contributed by atoms with van der Waals surface area (Å²) in [5, 5.41) is 19.1. The highest BCUT2D eigenvalue weighted by molar-refractivity contribution is 5.56. The summed E-state index contributed by atoms with van der Waals surface area (Å²) in [6.07, 6.45) is -0.771. The molecule has 0 spiro atoms. The molecule has 0 radical (unpaired) electrons. The molecule has 1 unspecified atom stereocenters. The molecule has 2 aromatic carbocycles. The summed E-state index contributed by atoms with van der Waals surface area (Å²) >= 11 is 0. The molecule has 2 N–H and O–H groups in total. The van der Waals surface area contributed by atoms with E-state index in [1.807, 2.05) is 30.3 Å². The summed E-state index contributed by atoms with van der Waals surface area (Å²) in [5.74, 6) is -0.391. The Balaban J connectivity index is 2.38. The molecule has 0 aliphatic carbocycles. The van der Waals surface area contributed by atoms with Gasteiger partial charge in [0.05, 0.1) is 18.4 Å². The van der Waals surface area contributed by atoms with Gasteiger partial charge >= 0.3 is 0 Å². The van der Waals surface area contributed by atoms with E-state index in [2.05, 4.69) is 0 Å². The van der Waals surface area contributed by atoms with Crippen LogP contribution in [0.1, 0.15) is 24.2 Å². The first-order valence-electron chi connectivity index (χ1n) is 6.99. The Kier molecular flexibility index (Phi) is 5.31. The van der Waals surface area contributed by atoms with Gasteiger partial charge in [-0.05, 0) is 18.6 Å². The second-order valence-corrected chi connectivity index (χ2v) is 4.98. The summed E-state index contributed by atoms with van der Waals surface area (Å²) in [5.41, 5.74) is 1.90. The maximum Gasteiger partial charge on any atom is 0.146 e. The minimum Gasteiger partial charge on any atom is -0.395 e. The number of aliphatic hydroxyl groups excluding tert-OH is 2. The van der Waals surface area contributed by atoms with E-state index in [1.54, 1.807) is 24.0 Å². The third kappa shape index (κ3) is 3.80. The summed E-state index contributed by atoms with van der Waals surface area (Å²) in [6, 6.07) is 14.3. The molecule has 1 atom stereocenters. The fourth-order valence-corrected chi connectivity index (χ4v) is 2.40. The van der Waals surface area contributed by atoms with Crippen LogP contribution in [0.25, 0.3) is 0 Å². The zero-order valence-corrected chi connectivity index (χ0v) is 12.0. The van der Waals surface area contributed by atoms with Crippen LogP contribution in [-0.4, -0.2) is 23.4 Å². The number of hydrogen-bond donors (Lipinski definition) is 2. The average Bonchev–Trinajstić information content (AvgIpc) is 2.47. The first-order valence-corrected chi connectivity index (χ1v) is 6.99. The molecule has 0 amide bonds. The van der Waals surface area contributed by atoms with Crippen LogP contribution in [0.3, 0.4) is 0 Å². The van der Waals surface area contributed by atoms with E-state index in [4.69, 9.17) is 0 Å². The molecule has 0 saturated heterocycles. The Morgan fingerprint density at radius 1 is 1.10 bits per heavy atom. The highest BCUT2D eigenvalue weighted by atomic mass is 19.1. The Morgan fingerprint density at radius 2 is 1.81 bits per heavy atom. The van der Waals surface area contributed by atoms with Crippen LogP contribution in [0.5, 0.6) is 0 Å². The van der Waals surface area contributed by atoms with Gasteiger partial charge in [0.15, 0.2) is 0 Å². The number of para-hydroxylation sites is 1. The van der Waals surface area contributed by atoms with Crippen molar-refractivity contribution in [1.29, 1.82) is 0 Å².